The molecule has 0 bridgehead atoms. The van der Waals surface area contributed by atoms with Crippen molar-refractivity contribution < 1.29 is 23.9 Å². The fourth-order valence-electron chi connectivity index (χ4n) is 3.09. The number of carbonyl (C=O) groups is 3. The van der Waals surface area contributed by atoms with E-state index in [0.717, 1.165) is 15.8 Å². The summed E-state index contributed by atoms with van der Waals surface area (Å²) in [5.74, 6) is -0.476. The summed E-state index contributed by atoms with van der Waals surface area (Å²) >= 11 is 1.38. The van der Waals surface area contributed by atoms with Crippen molar-refractivity contribution in [3.05, 3.63) is 30.5 Å². The zero-order valence-corrected chi connectivity index (χ0v) is 17.2. The van der Waals surface area contributed by atoms with Crippen LogP contribution in [0, 0.1) is 0 Å². The molecule has 1 fully saturated rings. The van der Waals surface area contributed by atoms with Gasteiger partial charge in [-0.05, 0) is 13.0 Å². The number of nitrogens with one attached hydrogen (secondary N) is 1. The van der Waals surface area contributed by atoms with E-state index in [9.17, 15) is 14.4 Å². The molecule has 0 unspecified atom stereocenters. The third-order valence-corrected chi connectivity index (χ3v) is 5.56. The summed E-state index contributed by atoms with van der Waals surface area (Å²) in [5.41, 5.74) is 0.948. The largest absolute Gasteiger partial charge is 0.465 e. The molecule has 1 aliphatic rings. The molecule has 29 heavy (non-hydrogen) atoms. The van der Waals surface area contributed by atoms with E-state index in [0.29, 0.717) is 26.3 Å². The summed E-state index contributed by atoms with van der Waals surface area (Å²) < 4.78 is 12.0. The maximum absolute atomic E-state index is 12.6. The lowest BCUT2D eigenvalue weighted by Gasteiger charge is -2.27. The highest BCUT2D eigenvalue weighted by Crippen LogP contribution is 2.30. The number of rotatable bonds is 8. The Bertz CT molecular complexity index is 876. The minimum Gasteiger partial charge on any atom is -0.465 e. The standard InChI is InChI=1S/C20H25N3O5S/c1-2-28-20(26)11-21-18(24)14-29-17-12-23(16-6-4-3-5-15(16)17)13-19(25)22-7-9-27-10-8-22/h3-6,12H,2,7-11,13-14H2,1H3,(H,21,24). The van der Waals surface area contributed by atoms with Crippen LogP contribution in [0.5, 0.6) is 0 Å². The lowest BCUT2D eigenvalue weighted by molar-refractivity contribution is -0.143. The van der Waals surface area contributed by atoms with Crippen LogP contribution in [0.4, 0.5) is 0 Å². The zero-order chi connectivity index (χ0) is 20.6. The predicted molar refractivity (Wildman–Crippen MR) is 110 cm³/mol. The van der Waals surface area contributed by atoms with Gasteiger partial charge in [-0.3, -0.25) is 14.4 Å². The maximum Gasteiger partial charge on any atom is 0.325 e. The van der Waals surface area contributed by atoms with Crippen LogP contribution in [0.25, 0.3) is 10.9 Å². The Morgan fingerprint density at radius 1 is 1.21 bits per heavy atom. The molecule has 1 aromatic heterocycles. The Hall–Kier alpha value is -2.52. The summed E-state index contributed by atoms with van der Waals surface area (Å²) in [4.78, 5) is 38.7. The Kier molecular flexibility index (Phi) is 7.54. The van der Waals surface area contributed by atoms with E-state index in [1.165, 1.54) is 11.8 Å². The Morgan fingerprint density at radius 3 is 2.72 bits per heavy atom. The number of amides is 2. The van der Waals surface area contributed by atoms with Crippen LogP contribution in [0.2, 0.25) is 0 Å². The molecule has 0 spiro atoms. The highest BCUT2D eigenvalue weighted by Gasteiger charge is 2.19. The number of para-hydroxylation sites is 1. The molecule has 0 radical (unpaired) electrons. The molecule has 2 amide bonds. The topological polar surface area (TPSA) is 89.9 Å². The third-order valence-electron chi connectivity index (χ3n) is 4.52. The molecule has 2 aromatic rings. The summed E-state index contributed by atoms with van der Waals surface area (Å²) in [6.07, 6.45) is 1.91. The van der Waals surface area contributed by atoms with Gasteiger partial charge in [0.2, 0.25) is 11.8 Å². The molecule has 1 aromatic carbocycles. The number of benzene rings is 1. The van der Waals surface area contributed by atoms with Gasteiger partial charge in [0.1, 0.15) is 13.1 Å². The van der Waals surface area contributed by atoms with Crippen LogP contribution in [0.3, 0.4) is 0 Å². The van der Waals surface area contributed by atoms with Crippen molar-refractivity contribution in [2.24, 2.45) is 0 Å². The Morgan fingerprint density at radius 2 is 1.97 bits per heavy atom. The second kappa shape index (κ2) is 10.3. The van der Waals surface area contributed by atoms with Gasteiger partial charge in [0.25, 0.3) is 0 Å². The van der Waals surface area contributed by atoms with Gasteiger partial charge in [0.05, 0.1) is 25.6 Å². The van der Waals surface area contributed by atoms with Crippen LogP contribution in [-0.2, 0) is 30.4 Å². The highest BCUT2D eigenvalue weighted by molar-refractivity contribution is 8.00. The van der Waals surface area contributed by atoms with Gasteiger partial charge in [-0.15, -0.1) is 11.8 Å². The Balaban J connectivity index is 1.63. The monoisotopic (exact) mass is 419 g/mol. The number of hydrogen-bond acceptors (Lipinski definition) is 6. The molecule has 156 valence electrons. The van der Waals surface area contributed by atoms with Crippen LogP contribution >= 0.6 is 11.8 Å². The van der Waals surface area contributed by atoms with Crippen molar-refractivity contribution in [3.8, 4) is 0 Å². The van der Waals surface area contributed by atoms with E-state index in [4.69, 9.17) is 9.47 Å². The lowest BCUT2D eigenvalue weighted by Crippen LogP contribution is -2.42. The number of nitrogens with zero attached hydrogens (tertiary/aromatic N) is 2. The van der Waals surface area contributed by atoms with Crippen molar-refractivity contribution in [3.63, 3.8) is 0 Å². The number of carbonyl (C=O) groups excluding carboxylic acids is 3. The fourth-order valence-corrected chi connectivity index (χ4v) is 4.01. The van der Waals surface area contributed by atoms with Gasteiger partial charge in [-0.25, -0.2) is 0 Å². The summed E-state index contributed by atoms with van der Waals surface area (Å²) in [7, 11) is 0. The minimum absolute atomic E-state index is 0.0535. The molecule has 3 rings (SSSR count). The molecule has 2 heterocycles. The molecule has 1 aliphatic heterocycles. The first-order chi connectivity index (χ1) is 14.1. The van der Waals surface area contributed by atoms with Gasteiger partial charge >= 0.3 is 5.97 Å². The molecule has 8 nitrogen and oxygen atoms in total. The average molecular weight is 420 g/mol. The predicted octanol–water partition coefficient (Wildman–Crippen LogP) is 1.27. The highest BCUT2D eigenvalue weighted by atomic mass is 32.2. The van der Waals surface area contributed by atoms with Crippen molar-refractivity contribution in [1.82, 2.24) is 14.8 Å². The van der Waals surface area contributed by atoms with E-state index < -0.39 is 5.97 Å². The Labute approximate surface area is 173 Å². The van der Waals surface area contributed by atoms with Crippen molar-refractivity contribution >= 4 is 40.4 Å². The van der Waals surface area contributed by atoms with Crippen molar-refractivity contribution in [2.45, 2.75) is 18.4 Å². The maximum atomic E-state index is 12.6. The molecular weight excluding hydrogens is 394 g/mol. The number of fused-ring (bicyclic) bond motifs is 1. The number of esters is 1. The summed E-state index contributed by atoms with van der Waals surface area (Å²) in [6, 6.07) is 7.80. The minimum atomic E-state index is -0.455. The zero-order valence-electron chi connectivity index (χ0n) is 16.4. The SMILES string of the molecule is CCOC(=O)CNC(=O)CSc1cn(CC(=O)N2CCOCC2)c2ccccc12. The molecule has 0 saturated carbocycles. The molecule has 0 atom stereocenters. The number of aromatic nitrogens is 1. The van der Waals surface area contributed by atoms with Crippen LogP contribution in [0.1, 0.15) is 6.92 Å². The molecule has 9 heteroatoms. The number of ether oxygens (including phenoxy) is 2. The third kappa shape index (κ3) is 5.74. The van der Waals surface area contributed by atoms with Gasteiger partial charge in [-0.1, -0.05) is 18.2 Å². The van der Waals surface area contributed by atoms with E-state index in [2.05, 4.69) is 5.32 Å². The molecular formula is C20H25N3O5S. The summed E-state index contributed by atoms with van der Waals surface area (Å²) in [5, 5.41) is 3.55. The van der Waals surface area contributed by atoms with E-state index >= 15 is 0 Å². The second-order valence-corrected chi connectivity index (χ2v) is 7.52. The van der Waals surface area contributed by atoms with Gasteiger partial charge in [0.15, 0.2) is 0 Å². The number of morpholine rings is 1. The average Bonchev–Trinajstić information content (AvgIpc) is 3.09. The quantitative estimate of drug-likeness (QED) is 0.512. The van der Waals surface area contributed by atoms with E-state index in [1.807, 2.05) is 39.9 Å². The van der Waals surface area contributed by atoms with Crippen molar-refractivity contribution in [1.29, 1.82) is 0 Å². The first-order valence-electron chi connectivity index (χ1n) is 9.57. The van der Waals surface area contributed by atoms with Gasteiger partial charge < -0.3 is 24.3 Å². The normalized spacial score (nSPS) is 14.0. The molecule has 1 saturated heterocycles. The van der Waals surface area contributed by atoms with Crippen LogP contribution < -0.4 is 5.32 Å². The van der Waals surface area contributed by atoms with E-state index in [-0.39, 0.29) is 37.3 Å². The van der Waals surface area contributed by atoms with Crippen molar-refractivity contribution in [2.75, 3.05) is 45.2 Å². The first-order valence-corrected chi connectivity index (χ1v) is 10.6. The molecule has 1 N–H and O–H groups in total. The van der Waals surface area contributed by atoms with Crippen LogP contribution in [0.15, 0.2) is 35.4 Å². The van der Waals surface area contributed by atoms with E-state index in [1.54, 1.807) is 6.92 Å². The first kappa shape index (κ1) is 21.2. The fraction of sp³-hybridized carbons (Fsp3) is 0.450. The lowest BCUT2D eigenvalue weighted by atomic mass is 10.2. The summed E-state index contributed by atoms with van der Waals surface area (Å²) in [6.45, 7) is 4.47. The van der Waals surface area contributed by atoms with Crippen LogP contribution in [-0.4, -0.2) is 72.5 Å². The van der Waals surface area contributed by atoms with Gasteiger partial charge in [-0.2, -0.15) is 0 Å². The smallest absolute Gasteiger partial charge is 0.325 e. The molecule has 0 aliphatic carbocycles. The number of hydrogen-bond donors (Lipinski definition) is 1. The number of thioether (sulfide) groups is 1. The van der Waals surface area contributed by atoms with Gasteiger partial charge in [0, 0.05) is 35.1 Å². The second-order valence-electron chi connectivity index (χ2n) is 6.50.